The Kier molecular flexibility index (Phi) is 6.92. The summed E-state index contributed by atoms with van der Waals surface area (Å²) in [6.07, 6.45) is 5.33. The lowest BCUT2D eigenvalue weighted by Gasteiger charge is -2.07. The fraction of sp³-hybridized carbons (Fsp3) is 0.172. The van der Waals surface area contributed by atoms with Crippen LogP contribution in [-0.4, -0.2) is 20.5 Å². The normalized spacial score (nSPS) is 11.1. The van der Waals surface area contributed by atoms with Gasteiger partial charge in [-0.25, -0.2) is 14.2 Å². The molecule has 8 heteroatoms. The number of hydrogen-bond donors (Lipinski definition) is 0. The van der Waals surface area contributed by atoms with Crippen molar-refractivity contribution in [2.45, 2.75) is 33.2 Å². The Morgan fingerprint density at radius 1 is 1.05 bits per heavy atom. The molecular weight excluding hydrogens is 489 g/mol. The maximum absolute atomic E-state index is 14.1. The predicted octanol–water partition coefficient (Wildman–Crippen LogP) is 6.19. The van der Waals surface area contributed by atoms with Crippen molar-refractivity contribution < 1.29 is 13.9 Å². The molecule has 3 heterocycles. The number of hydrogen-bond acceptors (Lipinski definition) is 6. The SMILES string of the molecule is CCCc1ccc(-c2ccc(OC(=O)c3sc4ncn(Cc5ccccc5F)c(=O)c4c3C)cc2)nc1. The number of carbonyl (C=O) groups excluding carboxylic acids is 1. The van der Waals surface area contributed by atoms with Crippen LogP contribution in [0.25, 0.3) is 21.5 Å². The fourth-order valence-corrected chi connectivity index (χ4v) is 5.17. The smallest absolute Gasteiger partial charge is 0.354 e. The summed E-state index contributed by atoms with van der Waals surface area (Å²) in [5.74, 6) is -0.565. The number of carbonyl (C=O) groups is 1. The van der Waals surface area contributed by atoms with E-state index in [1.54, 1.807) is 37.3 Å². The lowest BCUT2D eigenvalue weighted by molar-refractivity contribution is 0.0739. The maximum atomic E-state index is 14.1. The van der Waals surface area contributed by atoms with Crippen molar-refractivity contribution in [2.75, 3.05) is 0 Å². The van der Waals surface area contributed by atoms with E-state index in [9.17, 15) is 14.0 Å². The lowest BCUT2D eigenvalue weighted by Crippen LogP contribution is -2.21. The van der Waals surface area contributed by atoms with E-state index < -0.39 is 11.8 Å². The number of aryl methyl sites for hydroxylation is 2. The molecule has 0 fully saturated rings. The van der Waals surface area contributed by atoms with Crippen LogP contribution in [0, 0.1) is 12.7 Å². The van der Waals surface area contributed by atoms with Crippen LogP contribution in [0.3, 0.4) is 0 Å². The molecule has 0 bridgehead atoms. The summed E-state index contributed by atoms with van der Waals surface area (Å²) in [4.78, 5) is 35.7. The van der Waals surface area contributed by atoms with E-state index in [0.29, 0.717) is 32.0 Å². The molecule has 0 aliphatic heterocycles. The van der Waals surface area contributed by atoms with Gasteiger partial charge in [-0.1, -0.05) is 37.6 Å². The molecule has 5 aromatic rings. The summed E-state index contributed by atoms with van der Waals surface area (Å²) in [6.45, 7) is 3.88. The van der Waals surface area contributed by atoms with Gasteiger partial charge in [0.2, 0.25) is 0 Å². The lowest BCUT2D eigenvalue weighted by atomic mass is 10.1. The standard InChI is InChI=1S/C29H24FN3O3S/c1-3-6-19-9-14-24(31-15-19)20-10-12-22(13-11-20)36-29(35)26-18(2)25-27(37-26)32-17-33(28(25)34)16-21-7-4-5-8-23(21)30/h4-5,7-15,17H,3,6,16H2,1-2H3. The molecule has 0 amide bonds. The molecule has 0 aliphatic rings. The summed E-state index contributed by atoms with van der Waals surface area (Å²) in [6, 6.07) is 17.5. The number of halogens is 1. The van der Waals surface area contributed by atoms with E-state index in [1.165, 1.54) is 22.5 Å². The highest BCUT2D eigenvalue weighted by atomic mass is 32.1. The molecular formula is C29H24FN3O3S. The van der Waals surface area contributed by atoms with Crippen molar-refractivity contribution in [3.8, 4) is 17.0 Å². The highest BCUT2D eigenvalue weighted by Crippen LogP contribution is 2.29. The van der Waals surface area contributed by atoms with Crippen LogP contribution in [0.4, 0.5) is 4.39 Å². The number of thiophene rings is 1. The van der Waals surface area contributed by atoms with Gasteiger partial charge in [-0.3, -0.25) is 14.3 Å². The van der Waals surface area contributed by atoms with E-state index in [-0.39, 0.29) is 12.1 Å². The molecule has 0 N–H and O–H groups in total. The highest BCUT2D eigenvalue weighted by molar-refractivity contribution is 7.20. The summed E-state index contributed by atoms with van der Waals surface area (Å²) >= 11 is 1.11. The van der Waals surface area contributed by atoms with Crippen LogP contribution in [-0.2, 0) is 13.0 Å². The first-order chi connectivity index (χ1) is 17.9. The number of esters is 1. The molecule has 0 unspecified atom stereocenters. The second kappa shape index (κ2) is 10.4. The Hall–Kier alpha value is -4.17. The van der Waals surface area contributed by atoms with Gasteiger partial charge in [0.05, 0.1) is 24.0 Å². The van der Waals surface area contributed by atoms with E-state index in [4.69, 9.17) is 4.74 Å². The van der Waals surface area contributed by atoms with Crippen molar-refractivity contribution in [3.63, 3.8) is 0 Å². The number of nitrogens with zero attached hydrogens (tertiary/aromatic N) is 3. The van der Waals surface area contributed by atoms with Crippen LogP contribution in [0.2, 0.25) is 0 Å². The summed E-state index contributed by atoms with van der Waals surface area (Å²) in [5.41, 5.74) is 3.51. The Balaban J connectivity index is 1.36. The van der Waals surface area contributed by atoms with Gasteiger partial charge < -0.3 is 4.74 Å². The Morgan fingerprint density at radius 2 is 1.84 bits per heavy atom. The van der Waals surface area contributed by atoms with Crippen LogP contribution >= 0.6 is 11.3 Å². The molecule has 0 spiro atoms. The molecule has 6 nitrogen and oxygen atoms in total. The van der Waals surface area contributed by atoms with Gasteiger partial charge in [-0.15, -0.1) is 11.3 Å². The van der Waals surface area contributed by atoms with Gasteiger partial charge in [0.25, 0.3) is 5.56 Å². The first-order valence-corrected chi connectivity index (χ1v) is 12.8. The van der Waals surface area contributed by atoms with Crippen LogP contribution in [0.1, 0.15) is 39.7 Å². The molecule has 37 heavy (non-hydrogen) atoms. The number of ether oxygens (including phenoxy) is 1. The minimum Gasteiger partial charge on any atom is -0.422 e. The Morgan fingerprint density at radius 3 is 2.54 bits per heavy atom. The molecule has 0 saturated heterocycles. The number of rotatable bonds is 7. The van der Waals surface area contributed by atoms with Gasteiger partial charge in [-0.2, -0.15) is 0 Å². The quantitative estimate of drug-likeness (QED) is 0.192. The number of aromatic nitrogens is 3. The third-order valence-corrected chi connectivity index (χ3v) is 7.31. The van der Waals surface area contributed by atoms with Gasteiger partial charge >= 0.3 is 5.97 Å². The molecule has 0 atom stereocenters. The summed E-state index contributed by atoms with van der Waals surface area (Å²) in [7, 11) is 0. The number of benzene rings is 2. The average Bonchev–Trinajstić information content (AvgIpc) is 3.25. The molecule has 2 aromatic carbocycles. The van der Waals surface area contributed by atoms with Crippen molar-refractivity contribution in [2.24, 2.45) is 0 Å². The Bertz CT molecular complexity index is 1640. The van der Waals surface area contributed by atoms with Gasteiger partial charge in [0.1, 0.15) is 21.3 Å². The molecule has 3 aromatic heterocycles. The maximum Gasteiger partial charge on any atom is 0.354 e. The third-order valence-electron chi connectivity index (χ3n) is 6.13. The predicted molar refractivity (Wildman–Crippen MR) is 143 cm³/mol. The Labute approximate surface area is 217 Å². The average molecular weight is 514 g/mol. The van der Waals surface area contributed by atoms with Crippen molar-refractivity contribution in [1.82, 2.24) is 14.5 Å². The minimum absolute atomic E-state index is 0.0477. The summed E-state index contributed by atoms with van der Waals surface area (Å²) < 4.78 is 21.0. The topological polar surface area (TPSA) is 74.1 Å². The molecule has 0 aliphatic carbocycles. The van der Waals surface area contributed by atoms with Gasteiger partial charge in [0.15, 0.2) is 0 Å². The zero-order chi connectivity index (χ0) is 25.9. The molecule has 0 saturated carbocycles. The van der Waals surface area contributed by atoms with Crippen LogP contribution in [0.15, 0.2) is 78.0 Å². The van der Waals surface area contributed by atoms with Gasteiger partial charge in [-0.05, 0) is 60.9 Å². The van der Waals surface area contributed by atoms with E-state index in [1.807, 2.05) is 24.4 Å². The monoisotopic (exact) mass is 513 g/mol. The minimum atomic E-state index is -0.560. The summed E-state index contributed by atoms with van der Waals surface area (Å²) in [5, 5.41) is 0.337. The number of fused-ring (bicyclic) bond motifs is 1. The van der Waals surface area contributed by atoms with E-state index in [0.717, 1.165) is 35.4 Å². The van der Waals surface area contributed by atoms with E-state index >= 15 is 0 Å². The fourth-order valence-electron chi connectivity index (χ4n) is 4.16. The molecule has 5 rings (SSSR count). The largest absolute Gasteiger partial charge is 0.422 e. The van der Waals surface area contributed by atoms with Crippen molar-refractivity contribution >= 4 is 27.5 Å². The zero-order valence-electron chi connectivity index (χ0n) is 20.4. The number of pyridine rings is 1. The van der Waals surface area contributed by atoms with Crippen molar-refractivity contribution in [3.05, 3.63) is 111 Å². The highest BCUT2D eigenvalue weighted by Gasteiger charge is 2.21. The first kappa shape index (κ1) is 24.5. The zero-order valence-corrected chi connectivity index (χ0v) is 21.2. The van der Waals surface area contributed by atoms with E-state index in [2.05, 4.69) is 23.0 Å². The molecule has 0 radical (unpaired) electrons. The second-order valence-corrected chi connectivity index (χ2v) is 9.72. The molecule has 186 valence electrons. The third kappa shape index (κ3) is 5.06. The van der Waals surface area contributed by atoms with Crippen molar-refractivity contribution in [1.29, 1.82) is 0 Å². The first-order valence-electron chi connectivity index (χ1n) is 11.9. The van der Waals surface area contributed by atoms with Crippen LogP contribution in [0.5, 0.6) is 5.75 Å². The van der Waals surface area contributed by atoms with Crippen LogP contribution < -0.4 is 10.3 Å². The second-order valence-electron chi connectivity index (χ2n) is 8.72. The van der Waals surface area contributed by atoms with Gasteiger partial charge in [0, 0.05) is 17.3 Å².